The lowest BCUT2D eigenvalue weighted by atomic mass is 10.3. The van der Waals surface area contributed by atoms with E-state index in [1.165, 1.54) is 12.1 Å². The van der Waals surface area contributed by atoms with Crippen LogP contribution < -0.4 is 10.5 Å². The van der Waals surface area contributed by atoms with Gasteiger partial charge in [0.1, 0.15) is 4.90 Å². The van der Waals surface area contributed by atoms with Crippen molar-refractivity contribution in [3.8, 4) is 0 Å². The monoisotopic (exact) mass is 305 g/mol. The Morgan fingerprint density at radius 3 is 2.58 bits per heavy atom. The van der Waals surface area contributed by atoms with Gasteiger partial charge in [0.25, 0.3) is 0 Å². The molecule has 0 aliphatic carbocycles. The highest BCUT2D eigenvalue weighted by Crippen LogP contribution is 2.26. The fraction of sp³-hybridized carbons (Fsp3) is 0.500. The Labute approximate surface area is 119 Å². The minimum Gasteiger partial charge on any atom is -0.398 e. The van der Waals surface area contributed by atoms with Gasteiger partial charge in [0, 0.05) is 6.54 Å². The predicted molar refractivity (Wildman–Crippen MR) is 78.8 cm³/mol. The van der Waals surface area contributed by atoms with Gasteiger partial charge in [-0.3, -0.25) is 0 Å². The summed E-state index contributed by atoms with van der Waals surface area (Å²) in [6.45, 7) is 1.30. The summed E-state index contributed by atoms with van der Waals surface area (Å²) in [4.78, 5) is 2.02. The van der Waals surface area contributed by atoms with Crippen LogP contribution in [0.2, 0.25) is 5.02 Å². The van der Waals surface area contributed by atoms with Gasteiger partial charge < -0.3 is 10.6 Å². The minimum absolute atomic E-state index is 0.0377. The fourth-order valence-corrected chi connectivity index (χ4v) is 3.39. The smallest absolute Gasteiger partial charge is 0.244 e. The Kier molecular flexibility index (Phi) is 6.06. The molecule has 3 N–H and O–H groups in total. The molecule has 1 rings (SSSR count). The van der Waals surface area contributed by atoms with Crippen molar-refractivity contribution in [2.24, 2.45) is 0 Å². The van der Waals surface area contributed by atoms with Gasteiger partial charge >= 0.3 is 0 Å². The van der Waals surface area contributed by atoms with Crippen molar-refractivity contribution in [3.63, 3.8) is 0 Å². The molecule has 0 aromatic heterocycles. The average Bonchev–Trinajstić information content (AvgIpc) is 2.27. The van der Waals surface area contributed by atoms with Crippen LogP contribution in [0.5, 0.6) is 0 Å². The minimum atomic E-state index is -3.64. The quantitative estimate of drug-likeness (QED) is 0.592. The molecule has 0 spiro atoms. The Morgan fingerprint density at radius 2 is 2.00 bits per heavy atom. The summed E-state index contributed by atoms with van der Waals surface area (Å²) in [6.07, 6.45) is 1.69. The maximum atomic E-state index is 12.1. The van der Waals surface area contributed by atoms with E-state index >= 15 is 0 Å². The molecule has 0 radical (unpaired) electrons. The first-order valence-corrected chi connectivity index (χ1v) is 7.89. The van der Waals surface area contributed by atoms with Crippen LogP contribution >= 0.6 is 11.6 Å². The van der Waals surface area contributed by atoms with Gasteiger partial charge in [0.15, 0.2) is 0 Å². The third-order valence-electron chi connectivity index (χ3n) is 2.59. The number of unbranched alkanes of at least 4 members (excludes halogenated alkanes) is 1. The maximum Gasteiger partial charge on any atom is 0.244 e. The van der Waals surface area contributed by atoms with Crippen LogP contribution in [0, 0.1) is 0 Å². The molecule has 108 valence electrons. The van der Waals surface area contributed by atoms with Gasteiger partial charge in [-0.2, -0.15) is 0 Å². The molecule has 0 heterocycles. The SMILES string of the molecule is CN(C)CCCCNS(=O)(=O)c1c(N)cccc1Cl. The van der Waals surface area contributed by atoms with Crippen molar-refractivity contribution in [1.29, 1.82) is 0 Å². The third-order valence-corrected chi connectivity index (χ3v) is 4.59. The summed E-state index contributed by atoms with van der Waals surface area (Å²) in [5, 5.41) is 0.140. The average molecular weight is 306 g/mol. The van der Waals surface area contributed by atoms with Crippen molar-refractivity contribution < 1.29 is 8.42 Å². The normalized spacial score (nSPS) is 12.0. The first kappa shape index (κ1) is 16.2. The lowest BCUT2D eigenvalue weighted by Gasteiger charge is -2.11. The summed E-state index contributed by atoms with van der Waals surface area (Å²) < 4.78 is 26.7. The van der Waals surface area contributed by atoms with Crippen molar-refractivity contribution in [3.05, 3.63) is 23.2 Å². The van der Waals surface area contributed by atoms with Gasteiger partial charge in [0.05, 0.1) is 10.7 Å². The lowest BCUT2D eigenvalue weighted by Crippen LogP contribution is -2.26. The van der Waals surface area contributed by atoms with Gasteiger partial charge in [-0.25, -0.2) is 13.1 Å². The third kappa shape index (κ3) is 4.99. The molecule has 7 heteroatoms. The molecule has 0 bridgehead atoms. The van der Waals surface area contributed by atoms with Crippen molar-refractivity contribution in [2.45, 2.75) is 17.7 Å². The van der Waals surface area contributed by atoms with Crippen LogP contribution in [0.3, 0.4) is 0 Å². The number of hydrogen-bond donors (Lipinski definition) is 2. The molecule has 0 unspecified atom stereocenters. The molecule has 5 nitrogen and oxygen atoms in total. The Balaban J connectivity index is 2.62. The van der Waals surface area contributed by atoms with E-state index in [-0.39, 0.29) is 15.6 Å². The second-order valence-corrected chi connectivity index (χ2v) is 6.68. The number of hydrogen-bond acceptors (Lipinski definition) is 4. The van der Waals surface area contributed by atoms with E-state index in [1.807, 2.05) is 14.1 Å². The number of sulfonamides is 1. The molecular weight excluding hydrogens is 286 g/mol. The molecule has 1 aromatic rings. The standard InChI is InChI=1S/C12H20ClN3O2S/c1-16(2)9-4-3-8-15-19(17,18)12-10(13)6-5-7-11(12)14/h5-7,15H,3-4,8-9,14H2,1-2H3. The zero-order valence-corrected chi connectivity index (χ0v) is 12.8. The van der Waals surface area contributed by atoms with E-state index in [2.05, 4.69) is 9.62 Å². The Hall–Kier alpha value is -0.820. The van der Waals surface area contributed by atoms with Crippen molar-refractivity contribution in [1.82, 2.24) is 9.62 Å². The summed E-state index contributed by atoms with van der Waals surface area (Å²) in [5.41, 5.74) is 5.83. The molecule has 0 fully saturated rings. The number of nitrogens with one attached hydrogen (secondary N) is 1. The van der Waals surface area contributed by atoms with E-state index in [0.717, 1.165) is 19.4 Å². The molecule has 0 aliphatic rings. The maximum absolute atomic E-state index is 12.1. The highest BCUT2D eigenvalue weighted by Gasteiger charge is 2.20. The zero-order valence-electron chi connectivity index (χ0n) is 11.2. The van der Waals surface area contributed by atoms with Gasteiger partial charge in [-0.1, -0.05) is 17.7 Å². The topological polar surface area (TPSA) is 75.4 Å². The summed E-state index contributed by atoms with van der Waals surface area (Å²) in [6, 6.07) is 4.65. The molecular formula is C12H20ClN3O2S. The molecule has 19 heavy (non-hydrogen) atoms. The lowest BCUT2D eigenvalue weighted by molar-refractivity contribution is 0.394. The van der Waals surface area contributed by atoms with Crippen LogP contribution in [0.15, 0.2) is 23.1 Å². The zero-order chi connectivity index (χ0) is 14.5. The summed E-state index contributed by atoms with van der Waals surface area (Å²) >= 11 is 5.89. The Bertz CT molecular complexity index is 497. The largest absolute Gasteiger partial charge is 0.398 e. The molecule has 0 saturated heterocycles. The number of benzene rings is 1. The first-order valence-electron chi connectivity index (χ1n) is 6.03. The first-order chi connectivity index (χ1) is 8.84. The highest BCUT2D eigenvalue weighted by molar-refractivity contribution is 7.89. The van der Waals surface area contributed by atoms with Crippen LogP contribution in [0.1, 0.15) is 12.8 Å². The number of nitrogens with zero attached hydrogens (tertiary/aromatic N) is 1. The molecule has 1 aromatic carbocycles. The van der Waals surface area contributed by atoms with E-state index in [1.54, 1.807) is 6.07 Å². The molecule has 0 atom stereocenters. The summed E-state index contributed by atoms with van der Waals surface area (Å²) in [7, 11) is 0.319. The number of nitrogen functional groups attached to an aromatic ring is 1. The van der Waals surface area contributed by atoms with Crippen molar-refractivity contribution in [2.75, 3.05) is 32.9 Å². The second kappa shape index (κ2) is 7.09. The number of halogens is 1. The fourth-order valence-electron chi connectivity index (χ4n) is 1.64. The highest BCUT2D eigenvalue weighted by atomic mass is 35.5. The van der Waals surface area contributed by atoms with Gasteiger partial charge in [0.2, 0.25) is 10.0 Å². The van der Waals surface area contributed by atoms with Crippen molar-refractivity contribution >= 4 is 27.3 Å². The van der Waals surface area contributed by atoms with E-state index in [0.29, 0.717) is 6.54 Å². The molecule has 0 aliphatic heterocycles. The second-order valence-electron chi connectivity index (χ2n) is 4.57. The number of rotatable bonds is 7. The van der Waals surface area contributed by atoms with E-state index in [4.69, 9.17) is 17.3 Å². The predicted octanol–water partition coefficient (Wildman–Crippen LogP) is 1.54. The van der Waals surface area contributed by atoms with Gasteiger partial charge in [-0.15, -0.1) is 0 Å². The van der Waals surface area contributed by atoms with Gasteiger partial charge in [-0.05, 0) is 45.6 Å². The Morgan fingerprint density at radius 1 is 1.32 bits per heavy atom. The van der Waals surface area contributed by atoms with Crippen LogP contribution in [0.25, 0.3) is 0 Å². The molecule has 0 saturated carbocycles. The van der Waals surface area contributed by atoms with Crippen LogP contribution in [-0.2, 0) is 10.0 Å². The summed E-state index contributed by atoms with van der Waals surface area (Å²) in [5.74, 6) is 0. The van der Waals surface area contributed by atoms with Crippen LogP contribution in [-0.4, -0.2) is 40.5 Å². The van der Waals surface area contributed by atoms with Crippen LogP contribution in [0.4, 0.5) is 5.69 Å². The van der Waals surface area contributed by atoms with E-state index in [9.17, 15) is 8.42 Å². The number of nitrogens with two attached hydrogens (primary N) is 1. The molecule has 0 amide bonds. The van der Waals surface area contributed by atoms with E-state index < -0.39 is 10.0 Å². The number of anilines is 1.